The van der Waals surface area contributed by atoms with Crippen LogP contribution in [0.4, 0.5) is 0 Å². The second-order valence-electron chi connectivity index (χ2n) is 3.96. The molecule has 0 saturated heterocycles. The minimum atomic E-state index is -0.437. The summed E-state index contributed by atoms with van der Waals surface area (Å²) in [5, 5.41) is -1.83. The zero-order valence-electron chi connectivity index (χ0n) is 9.50. The Bertz CT molecular complexity index is 313. The quantitative estimate of drug-likeness (QED) is 0.467. The maximum atomic E-state index is 5.88. The van der Waals surface area contributed by atoms with Crippen LogP contribution >= 0.6 is 81.2 Å². The van der Waals surface area contributed by atoms with E-state index in [0.717, 1.165) is 5.02 Å². The summed E-state index contributed by atoms with van der Waals surface area (Å²) in [7, 11) is 0. The van der Waals surface area contributed by atoms with Gasteiger partial charge in [0.1, 0.15) is 0 Å². The van der Waals surface area contributed by atoms with Crippen molar-refractivity contribution < 1.29 is 0 Å². The maximum Gasteiger partial charge on any atom is 0.0693 e. The summed E-state index contributed by atoms with van der Waals surface area (Å²) in [6.45, 7) is 0. The monoisotopic (exact) mass is 400 g/mol. The highest BCUT2D eigenvalue weighted by atomic mass is 35.5. The molecule has 0 unspecified atom stereocenters. The van der Waals surface area contributed by atoms with Gasteiger partial charge < -0.3 is 0 Å². The third-order valence-electron chi connectivity index (χ3n) is 2.56. The Kier molecular flexibility index (Phi) is 8.32. The highest BCUT2D eigenvalue weighted by Gasteiger charge is 2.46. The Labute approximate surface area is 148 Å². The lowest BCUT2D eigenvalue weighted by Gasteiger charge is -2.37. The summed E-state index contributed by atoms with van der Waals surface area (Å²) in [6, 6.07) is 9.44. The number of halogens is 7. The van der Waals surface area contributed by atoms with Gasteiger partial charge in [-0.05, 0) is 12.1 Å². The van der Waals surface area contributed by atoms with Gasteiger partial charge in [-0.3, -0.25) is 0 Å². The van der Waals surface area contributed by atoms with Crippen molar-refractivity contribution in [2.45, 2.75) is 32.3 Å². The van der Waals surface area contributed by atoms with Crippen LogP contribution in [0.25, 0.3) is 0 Å². The zero-order chi connectivity index (χ0) is 14.6. The van der Waals surface area contributed by atoms with Gasteiger partial charge in [-0.25, -0.2) is 0 Å². The molecule has 7 heteroatoms. The van der Waals surface area contributed by atoms with Crippen molar-refractivity contribution in [2.75, 3.05) is 0 Å². The van der Waals surface area contributed by atoms with Gasteiger partial charge in [-0.1, -0.05) is 29.8 Å². The number of rotatable bonds is 0. The molecule has 0 radical (unpaired) electrons. The molecule has 1 aliphatic rings. The van der Waals surface area contributed by atoms with E-state index in [2.05, 4.69) is 0 Å². The van der Waals surface area contributed by atoms with Gasteiger partial charge in [0.15, 0.2) is 0 Å². The van der Waals surface area contributed by atoms with Gasteiger partial charge in [-0.2, -0.15) is 0 Å². The van der Waals surface area contributed by atoms with Gasteiger partial charge in [-0.15, -0.1) is 69.6 Å². The minimum absolute atomic E-state index is 0.437. The van der Waals surface area contributed by atoms with Crippen molar-refractivity contribution in [1.29, 1.82) is 0 Å². The largest absolute Gasteiger partial charge is 0.120 e. The summed E-state index contributed by atoms with van der Waals surface area (Å²) in [4.78, 5) is 0. The Hall–Kier alpha value is 1.25. The smallest absolute Gasteiger partial charge is 0.0693 e. The zero-order valence-corrected chi connectivity index (χ0v) is 14.8. The second kappa shape index (κ2) is 8.63. The third-order valence-corrected chi connectivity index (χ3v) is 6.84. The van der Waals surface area contributed by atoms with Crippen LogP contribution in [0.1, 0.15) is 0 Å². The third kappa shape index (κ3) is 5.18. The molecule has 1 aliphatic carbocycles. The van der Waals surface area contributed by atoms with E-state index in [9.17, 15) is 0 Å². The van der Waals surface area contributed by atoms with Crippen LogP contribution in [0.2, 0.25) is 5.02 Å². The molecular weight excluding hydrogens is 392 g/mol. The Morgan fingerprint density at radius 2 is 0.789 bits per heavy atom. The molecule has 1 fully saturated rings. The van der Waals surface area contributed by atoms with Crippen LogP contribution in [-0.4, -0.2) is 32.3 Å². The summed E-state index contributed by atoms with van der Waals surface area (Å²) >= 11 is 40.8. The first-order valence-electron chi connectivity index (χ1n) is 5.41. The molecule has 0 spiro atoms. The van der Waals surface area contributed by atoms with Crippen LogP contribution in [0.3, 0.4) is 0 Å². The fraction of sp³-hybridized carbons (Fsp3) is 0.500. The van der Waals surface area contributed by atoms with E-state index in [1.54, 1.807) is 0 Å². The van der Waals surface area contributed by atoms with Crippen molar-refractivity contribution in [1.82, 2.24) is 0 Å². The SMILES string of the molecule is ClC1C(Cl)C(Cl)C(Cl)C(Cl)C1Cl.Clc1ccccc1. The number of hydrogen-bond donors (Lipinski definition) is 0. The van der Waals surface area contributed by atoms with Crippen molar-refractivity contribution >= 4 is 81.2 Å². The van der Waals surface area contributed by atoms with Crippen molar-refractivity contribution in [3.05, 3.63) is 35.4 Å². The highest BCUT2D eigenvalue weighted by molar-refractivity contribution is 6.45. The van der Waals surface area contributed by atoms with Gasteiger partial charge in [0.25, 0.3) is 0 Å². The fourth-order valence-corrected chi connectivity index (χ4v) is 3.94. The van der Waals surface area contributed by atoms with Gasteiger partial charge in [0.2, 0.25) is 0 Å². The molecule has 0 atom stereocenters. The molecule has 0 bridgehead atoms. The Morgan fingerprint density at radius 3 is 0.947 bits per heavy atom. The van der Waals surface area contributed by atoms with E-state index in [1.165, 1.54) is 0 Å². The summed E-state index contributed by atoms with van der Waals surface area (Å²) in [6.07, 6.45) is 0. The predicted octanol–water partition coefficient (Wildman–Crippen LogP) is 5.98. The normalized spacial score (nSPS) is 38.3. The Morgan fingerprint density at radius 1 is 0.526 bits per heavy atom. The highest BCUT2D eigenvalue weighted by Crippen LogP contribution is 2.39. The first kappa shape index (κ1) is 18.3. The summed E-state index contributed by atoms with van der Waals surface area (Å²) < 4.78 is 0. The molecule has 0 amide bonds. The summed E-state index contributed by atoms with van der Waals surface area (Å²) in [5.74, 6) is 0. The number of hydrogen-bond acceptors (Lipinski definition) is 0. The average molecular weight is 403 g/mol. The average Bonchev–Trinajstić information content (AvgIpc) is 2.42. The van der Waals surface area contributed by atoms with E-state index in [-0.39, 0.29) is 0 Å². The van der Waals surface area contributed by atoms with Gasteiger partial charge >= 0.3 is 0 Å². The topological polar surface area (TPSA) is 0 Å². The molecule has 1 aromatic rings. The van der Waals surface area contributed by atoms with E-state index >= 15 is 0 Å². The molecular formula is C12H11Cl7. The van der Waals surface area contributed by atoms with Crippen LogP contribution < -0.4 is 0 Å². The first-order chi connectivity index (χ1) is 8.86. The predicted molar refractivity (Wildman–Crippen MR) is 89.3 cm³/mol. The van der Waals surface area contributed by atoms with Gasteiger partial charge in [0, 0.05) is 5.02 Å². The number of alkyl halides is 6. The lowest BCUT2D eigenvalue weighted by atomic mass is 9.97. The standard InChI is InChI=1S/C6H6Cl6.C6H5Cl/c7-1-2(8)4(10)6(12)5(11)3(1)9;7-6-4-2-1-3-5-6/h1-6H;1-5H. The molecule has 2 rings (SSSR count). The fourth-order valence-electron chi connectivity index (χ4n) is 1.47. The second-order valence-corrected chi connectivity index (χ2v) is 7.42. The first-order valence-corrected chi connectivity index (χ1v) is 8.41. The summed E-state index contributed by atoms with van der Waals surface area (Å²) in [5.41, 5.74) is 0. The van der Waals surface area contributed by atoms with E-state index < -0.39 is 32.3 Å². The van der Waals surface area contributed by atoms with Crippen LogP contribution in [-0.2, 0) is 0 Å². The number of benzene rings is 1. The molecule has 0 aromatic heterocycles. The molecule has 0 nitrogen and oxygen atoms in total. The minimum Gasteiger partial charge on any atom is -0.120 e. The Balaban J connectivity index is 0.000000218. The van der Waals surface area contributed by atoms with Crippen LogP contribution in [0.5, 0.6) is 0 Å². The van der Waals surface area contributed by atoms with Crippen molar-refractivity contribution in [3.63, 3.8) is 0 Å². The molecule has 19 heavy (non-hydrogen) atoms. The molecule has 0 aliphatic heterocycles. The molecule has 1 saturated carbocycles. The lowest BCUT2D eigenvalue weighted by Crippen LogP contribution is -2.52. The van der Waals surface area contributed by atoms with Crippen LogP contribution in [0, 0.1) is 0 Å². The van der Waals surface area contributed by atoms with Crippen molar-refractivity contribution in [3.8, 4) is 0 Å². The molecule has 0 N–H and O–H groups in total. The molecule has 108 valence electrons. The van der Waals surface area contributed by atoms with Crippen molar-refractivity contribution in [2.24, 2.45) is 0 Å². The van der Waals surface area contributed by atoms with E-state index in [1.807, 2.05) is 30.3 Å². The van der Waals surface area contributed by atoms with Gasteiger partial charge in [0.05, 0.1) is 32.3 Å². The van der Waals surface area contributed by atoms with Crippen LogP contribution in [0.15, 0.2) is 30.3 Å². The van der Waals surface area contributed by atoms with E-state index in [4.69, 9.17) is 81.2 Å². The molecule has 0 heterocycles. The lowest BCUT2D eigenvalue weighted by molar-refractivity contribution is 0.544. The maximum absolute atomic E-state index is 5.88. The van der Waals surface area contributed by atoms with E-state index in [0.29, 0.717) is 0 Å². The molecule has 1 aromatic carbocycles.